The monoisotopic (exact) mass is 249 g/mol. The standard InChI is InChI=1S/C15H20FNO/c1-3-13-6-4-5-9-17(13)15-8-7-12(16)10-14(15)11(2)18/h7-8,10,13H,3-6,9H2,1-2H3. The molecule has 1 heterocycles. The van der Waals surface area contributed by atoms with E-state index >= 15 is 0 Å². The lowest BCUT2D eigenvalue weighted by Crippen LogP contribution is -2.39. The molecule has 0 aliphatic carbocycles. The van der Waals surface area contributed by atoms with E-state index in [1.807, 2.05) is 0 Å². The molecule has 1 aromatic rings. The zero-order chi connectivity index (χ0) is 13.1. The van der Waals surface area contributed by atoms with Crippen LogP contribution in [0.25, 0.3) is 0 Å². The molecule has 0 saturated carbocycles. The van der Waals surface area contributed by atoms with Gasteiger partial charge in [0.2, 0.25) is 0 Å². The highest BCUT2D eigenvalue weighted by Gasteiger charge is 2.24. The molecule has 0 amide bonds. The maximum absolute atomic E-state index is 13.3. The van der Waals surface area contributed by atoms with Crippen molar-refractivity contribution in [2.75, 3.05) is 11.4 Å². The number of benzene rings is 1. The second-order valence-corrected chi connectivity index (χ2v) is 4.97. The molecule has 0 N–H and O–H groups in total. The number of Topliss-reactive ketones (excluding diaryl/α,β-unsaturated/α-hetero) is 1. The molecule has 0 aromatic heterocycles. The van der Waals surface area contributed by atoms with Gasteiger partial charge in [0, 0.05) is 23.8 Å². The highest BCUT2D eigenvalue weighted by atomic mass is 19.1. The summed E-state index contributed by atoms with van der Waals surface area (Å²) in [4.78, 5) is 13.9. The van der Waals surface area contributed by atoms with Crippen LogP contribution < -0.4 is 4.90 Å². The van der Waals surface area contributed by atoms with Crippen LogP contribution in [-0.4, -0.2) is 18.4 Å². The molecule has 2 nitrogen and oxygen atoms in total. The first-order valence-electron chi connectivity index (χ1n) is 6.70. The molecule has 18 heavy (non-hydrogen) atoms. The predicted molar refractivity (Wildman–Crippen MR) is 71.7 cm³/mol. The third-order valence-corrected chi connectivity index (χ3v) is 3.75. The smallest absolute Gasteiger partial charge is 0.161 e. The van der Waals surface area contributed by atoms with Gasteiger partial charge in [0.05, 0.1) is 0 Å². The van der Waals surface area contributed by atoms with Gasteiger partial charge < -0.3 is 4.90 Å². The van der Waals surface area contributed by atoms with Crippen molar-refractivity contribution < 1.29 is 9.18 Å². The molecule has 0 radical (unpaired) electrons. The molecule has 2 rings (SSSR count). The highest BCUT2D eigenvalue weighted by Crippen LogP contribution is 2.30. The lowest BCUT2D eigenvalue weighted by molar-refractivity contribution is 0.101. The number of rotatable bonds is 3. The fourth-order valence-electron chi connectivity index (χ4n) is 2.78. The van der Waals surface area contributed by atoms with E-state index in [-0.39, 0.29) is 11.6 Å². The van der Waals surface area contributed by atoms with Crippen molar-refractivity contribution in [3.05, 3.63) is 29.6 Å². The van der Waals surface area contributed by atoms with E-state index in [4.69, 9.17) is 0 Å². The molecule has 1 atom stereocenters. The van der Waals surface area contributed by atoms with Crippen molar-refractivity contribution in [1.82, 2.24) is 0 Å². The van der Waals surface area contributed by atoms with Crippen LogP contribution in [0.1, 0.15) is 49.9 Å². The van der Waals surface area contributed by atoms with E-state index in [0.29, 0.717) is 11.6 Å². The number of hydrogen-bond acceptors (Lipinski definition) is 2. The number of halogens is 1. The molecule has 1 aliphatic heterocycles. The minimum Gasteiger partial charge on any atom is -0.368 e. The summed E-state index contributed by atoms with van der Waals surface area (Å²) >= 11 is 0. The Balaban J connectivity index is 2.39. The second-order valence-electron chi connectivity index (χ2n) is 4.97. The van der Waals surface area contributed by atoms with Crippen molar-refractivity contribution in [1.29, 1.82) is 0 Å². The van der Waals surface area contributed by atoms with E-state index in [1.54, 1.807) is 6.07 Å². The fraction of sp³-hybridized carbons (Fsp3) is 0.533. The van der Waals surface area contributed by atoms with Gasteiger partial charge in [-0.3, -0.25) is 4.79 Å². The Kier molecular flexibility index (Phi) is 4.00. The highest BCUT2D eigenvalue weighted by molar-refractivity contribution is 5.99. The van der Waals surface area contributed by atoms with Crippen LogP contribution in [0.3, 0.4) is 0 Å². The van der Waals surface area contributed by atoms with Crippen LogP contribution in [0.5, 0.6) is 0 Å². The fourth-order valence-corrected chi connectivity index (χ4v) is 2.78. The Bertz CT molecular complexity index is 444. The van der Waals surface area contributed by atoms with Gasteiger partial charge in [0.25, 0.3) is 0 Å². The van der Waals surface area contributed by atoms with Gasteiger partial charge in [-0.05, 0) is 50.8 Å². The Hall–Kier alpha value is -1.38. The lowest BCUT2D eigenvalue weighted by atomic mass is 9.97. The normalized spacial score (nSPS) is 19.9. The molecule has 1 fully saturated rings. The van der Waals surface area contributed by atoms with Gasteiger partial charge in [0.15, 0.2) is 5.78 Å². The molecule has 0 spiro atoms. The van der Waals surface area contributed by atoms with Gasteiger partial charge in [-0.15, -0.1) is 0 Å². The molecular formula is C15H20FNO. The van der Waals surface area contributed by atoms with E-state index in [0.717, 1.165) is 31.5 Å². The SMILES string of the molecule is CCC1CCCCN1c1ccc(F)cc1C(C)=O. The van der Waals surface area contributed by atoms with Crippen LogP contribution in [0.15, 0.2) is 18.2 Å². The minimum absolute atomic E-state index is 0.0649. The molecule has 0 bridgehead atoms. The number of anilines is 1. The van der Waals surface area contributed by atoms with E-state index in [1.165, 1.54) is 25.5 Å². The summed E-state index contributed by atoms with van der Waals surface area (Å²) in [6, 6.07) is 5.03. The first kappa shape index (κ1) is 13.1. The maximum Gasteiger partial charge on any atom is 0.161 e. The molecular weight excluding hydrogens is 229 g/mol. The summed E-state index contributed by atoms with van der Waals surface area (Å²) in [5, 5.41) is 0. The Labute approximate surface area is 108 Å². The number of nitrogens with zero attached hydrogens (tertiary/aromatic N) is 1. The Morgan fingerprint density at radius 3 is 2.89 bits per heavy atom. The summed E-state index contributed by atoms with van der Waals surface area (Å²) < 4.78 is 13.3. The van der Waals surface area contributed by atoms with Crippen LogP contribution in [0.2, 0.25) is 0 Å². The predicted octanol–water partition coefficient (Wildman–Crippen LogP) is 3.80. The van der Waals surface area contributed by atoms with Crippen molar-refractivity contribution >= 4 is 11.5 Å². The third-order valence-electron chi connectivity index (χ3n) is 3.75. The first-order valence-corrected chi connectivity index (χ1v) is 6.70. The second kappa shape index (κ2) is 5.51. The van der Waals surface area contributed by atoms with Crippen LogP contribution >= 0.6 is 0 Å². The maximum atomic E-state index is 13.3. The van der Waals surface area contributed by atoms with Crippen LogP contribution in [0.4, 0.5) is 10.1 Å². The largest absolute Gasteiger partial charge is 0.368 e. The van der Waals surface area contributed by atoms with E-state index in [2.05, 4.69) is 11.8 Å². The molecule has 1 aromatic carbocycles. The van der Waals surface area contributed by atoms with Gasteiger partial charge in [-0.25, -0.2) is 4.39 Å². The zero-order valence-electron chi connectivity index (χ0n) is 11.1. The van der Waals surface area contributed by atoms with E-state index < -0.39 is 0 Å². The van der Waals surface area contributed by atoms with Gasteiger partial charge in [-0.1, -0.05) is 6.92 Å². The summed E-state index contributed by atoms with van der Waals surface area (Å²) in [5.74, 6) is -0.404. The van der Waals surface area contributed by atoms with Gasteiger partial charge >= 0.3 is 0 Å². The molecule has 3 heteroatoms. The van der Waals surface area contributed by atoms with Crippen molar-refractivity contribution in [2.24, 2.45) is 0 Å². The van der Waals surface area contributed by atoms with Gasteiger partial charge in [0.1, 0.15) is 5.82 Å². The minimum atomic E-state index is -0.339. The molecule has 1 saturated heterocycles. The van der Waals surface area contributed by atoms with Crippen molar-refractivity contribution in [2.45, 2.75) is 45.6 Å². The summed E-state index contributed by atoms with van der Waals surface area (Å²) in [6.07, 6.45) is 4.61. The quantitative estimate of drug-likeness (QED) is 0.759. The number of ketones is 1. The zero-order valence-corrected chi connectivity index (χ0v) is 11.1. The number of piperidine rings is 1. The average Bonchev–Trinajstić information content (AvgIpc) is 2.38. The molecule has 1 aliphatic rings. The Morgan fingerprint density at radius 2 is 2.22 bits per heavy atom. The number of carbonyl (C=O) groups is 1. The first-order chi connectivity index (χ1) is 8.63. The number of hydrogen-bond donors (Lipinski definition) is 0. The van der Waals surface area contributed by atoms with Crippen molar-refractivity contribution in [3.8, 4) is 0 Å². The Morgan fingerprint density at radius 1 is 1.44 bits per heavy atom. The molecule has 98 valence electrons. The topological polar surface area (TPSA) is 20.3 Å². The summed E-state index contributed by atoms with van der Waals surface area (Å²) in [6.45, 7) is 4.63. The van der Waals surface area contributed by atoms with Crippen LogP contribution in [0, 0.1) is 5.82 Å². The summed E-state index contributed by atoms with van der Waals surface area (Å²) in [7, 11) is 0. The average molecular weight is 249 g/mol. The third kappa shape index (κ3) is 2.55. The van der Waals surface area contributed by atoms with Crippen LogP contribution in [-0.2, 0) is 0 Å². The number of carbonyl (C=O) groups excluding carboxylic acids is 1. The van der Waals surface area contributed by atoms with E-state index in [9.17, 15) is 9.18 Å². The van der Waals surface area contributed by atoms with Gasteiger partial charge in [-0.2, -0.15) is 0 Å². The summed E-state index contributed by atoms with van der Waals surface area (Å²) in [5.41, 5.74) is 1.41. The molecule has 1 unspecified atom stereocenters. The van der Waals surface area contributed by atoms with Crippen molar-refractivity contribution in [3.63, 3.8) is 0 Å². The lowest BCUT2D eigenvalue weighted by Gasteiger charge is -2.38.